The third-order valence-corrected chi connectivity index (χ3v) is 3.71. The van der Waals surface area contributed by atoms with E-state index in [1.807, 2.05) is 0 Å². The van der Waals surface area contributed by atoms with Crippen LogP contribution in [0.1, 0.15) is 38.2 Å². The molecule has 0 atom stereocenters. The van der Waals surface area contributed by atoms with Gasteiger partial charge in [0.15, 0.2) is 0 Å². The molecule has 0 aliphatic heterocycles. The maximum absolute atomic E-state index is 5.98. The van der Waals surface area contributed by atoms with Crippen molar-refractivity contribution in [2.24, 2.45) is 0 Å². The molecular weight excluding hydrogens is 215 g/mol. The van der Waals surface area contributed by atoms with Crippen molar-refractivity contribution in [1.82, 2.24) is 0 Å². The van der Waals surface area contributed by atoms with Crippen molar-refractivity contribution >= 4 is 23.2 Å². The van der Waals surface area contributed by atoms with Crippen molar-refractivity contribution in [3.63, 3.8) is 0 Å². The summed E-state index contributed by atoms with van der Waals surface area (Å²) in [6, 6.07) is 0. The second-order valence-electron chi connectivity index (χ2n) is 3.84. The van der Waals surface area contributed by atoms with Crippen LogP contribution < -0.4 is 0 Å². The molecule has 0 bridgehead atoms. The molecule has 0 nitrogen and oxygen atoms in total. The Kier molecular flexibility index (Phi) is 3.49. The zero-order valence-corrected chi connectivity index (χ0v) is 10.8. The molecule has 1 aromatic rings. The second-order valence-corrected chi connectivity index (χ2v) is 4.94. The molecule has 0 heterocycles. The first-order chi connectivity index (χ1) is 6.37. The minimum absolute atomic E-state index is 0.423. The van der Waals surface area contributed by atoms with Crippen LogP contribution in [0.4, 0.5) is 0 Å². The predicted octanol–water partition coefficient (Wildman–Crippen LogP) is 4.70. The highest BCUT2D eigenvalue weighted by Crippen LogP contribution is 2.35. The Labute approximate surface area is 96.2 Å². The summed E-state index contributed by atoms with van der Waals surface area (Å²) in [5.74, 6) is 0. The van der Waals surface area contributed by atoms with Crippen molar-refractivity contribution in [3.05, 3.63) is 33.4 Å². The Morgan fingerprint density at radius 3 is 1.21 bits per heavy atom. The van der Waals surface area contributed by atoms with Crippen LogP contribution in [0.5, 0.6) is 0 Å². The quantitative estimate of drug-likeness (QED) is 0.614. The van der Waals surface area contributed by atoms with E-state index < -0.39 is 4.84 Å². The molecule has 0 saturated heterocycles. The molecule has 14 heavy (non-hydrogen) atoms. The third-order valence-electron chi connectivity index (χ3n) is 3.28. The summed E-state index contributed by atoms with van der Waals surface area (Å²) in [7, 11) is 0. The highest BCUT2D eigenvalue weighted by Gasteiger charge is 2.16. The number of halogens is 2. The van der Waals surface area contributed by atoms with Crippen LogP contribution in [-0.4, -0.2) is 0 Å². The fourth-order valence-electron chi connectivity index (χ4n) is 1.86. The molecule has 0 radical (unpaired) electrons. The number of alkyl halides is 2. The molecule has 0 spiro atoms. The van der Waals surface area contributed by atoms with Crippen molar-refractivity contribution in [2.75, 3.05) is 0 Å². The van der Waals surface area contributed by atoms with Gasteiger partial charge in [0.1, 0.15) is 4.84 Å². The van der Waals surface area contributed by atoms with Crippen LogP contribution in [0.3, 0.4) is 0 Å². The first-order valence-electron chi connectivity index (χ1n) is 4.73. The smallest absolute Gasteiger partial charge is 0.100 e. The summed E-state index contributed by atoms with van der Waals surface area (Å²) < 4.78 is 0. The van der Waals surface area contributed by atoms with Gasteiger partial charge in [-0.05, 0) is 68.0 Å². The summed E-state index contributed by atoms with van der Waals surface area (Å²) in [6.45, 7) is 10.6. The molecule has 0 aromatic heterocycles. The van der Waals surface area contributed by atoms with Gasteiger partial charge in [0.2, 0.25) is 0 Å². The summed E-state index contributed by atoms with van der Waals surface area (Å²) >= 11 is 12.0. The molecule has 78 valence electrons. The topological polar surface area (TPSA) is 0 Å². The van der Waals surface area contributed by atoms with E-state index in [-0.39, 0.29) is 0 Å². The molecule has 1 rings (SSSR count). The van der Waals surface area contributed by atoms with Crippen LogP contribution in [0.2, 0.25) is 0 Å². The van der Waals surface area contributed by atoms with Crippen molar-refractivity contribution in [2.45, 2.75) is 39.5 Å². The lowest BCUT2D eigenvalue weighted by Gasteiger charge is -2.19. The first kappa shape index (κ1) is 11.9. The Morgan fingerprint density at radius 1 is 0.643 bits per heavy atom. The van der Waals surface area contributed by atoms with E-state index in [4.69, 9.17) is 23.2 Å². The number of benzene rings is 1. The minimum Gasteiger partial charge on any atom is -0.100 e. The normalized spacial score (nSPS) is 11.1. The lowest BCUT2D eigenvalue weighted by atomic mass is 9.90. The molecule has 0 amide bonds. The third kappa shape index (κ3) is 1.78. The van der Waals surface area contributed by atoms with Gasteiger partial charge in [-0.25, -0.2) is 0 Å². The van der Waals surface area contributed by atoms with Crippen molar-refractivity contribution < 1.29 is 0 Å². The molecule has 0 saturated carbocycles. The van der Waals surface area contributed by atoms with Gasteiger partial charge < -0.3 is 0 Å². The van der Waals surface area contributed by atoms with Crippen molar-refractivity contribution in [3.8, 4) is 0 Å². The highest BCUT2D eigenvalue weighted by molar-refractivity contribution is 6.44. The average Bonchev–Trinajstić information content (AvgIpc) is 2.11. The summed E-state index contributed by atoms with van der Waals surface area (Å²) in [5, 5.41) is 0. The molecule has 0 aliphatic rings. The van der Waals surface area contributed by atoms with Gasteiger partial charge in [-0.15, -0.1) is 23.2 Å². The first-order valence-corrected chi connectivity index (χ1v) is 5.60. The number of hydrogen-bond donors (Lipinski definition) is 0. The monoisotopic (exact) mass is 230 g/mol. The predicted molar refractivity (Wildman–Crippen MR) is 64.6 cm³/mol. The molecule has 2 heteroatoms. The molecule has 0 N–H and O–H groups in total. The van der Waals surface area contributed by atoms with Gasteiger partial charge in [-0.2, -0.15) is 0 Å². The summed E-state index contributed by atoms with van der Waals surface area (Å²) in [6.07, 6.45) is 0. The number of hydrogen-bond acceptors (Lipinski definition) is 0. The van der Waals surface area contributed by atoms with E-state index in [1.165, 1.54) is 27.8 Å². The lowest BCUT2D eigenvalue weighted by Crippen LogP contribution is -2.02. The van der Waals surface area contributed by atoms with Gasteiger partial charge in [-0.3, -0.25) is 0 Å². The van der Waals surface area contributed by atoms with E-state index >= 15 is 0 Å². The van der Waals surface area contributed by atoms with E-state index in [1.54, 1.807) is 0 Å². The number of rotatable bonds is 1. The average molecular weight is 231 g/mol. The van der Waals surface area contributed by atoms with E-state index in [2.05, 4.69) is 34.6 Å². The van der Waals surface area contributed by atoms with Crippen LogP contribution in [0.25, 0.3) is 0 Å². The molecule has 0 aliphatic carbocycles. The zero-order chi connectivity index (χ0) is 11.0. The molecule has 0 fully saturated rings. The van der Waals surface area contributed by atoms with Crippen molar-refractivity contribution in [1.29, 1.82) is 0 Å². The van der Waals surface area contributed by atoms with Crippen LogP contribution >= 0.6 is 23.2 Å². The zero-order valence-electron chi connectivity index (χ0n) is 9.33. The van der Waals surface area contributed by atoms with E-state index in [0.29, 0.717) is 0 Å². The fraction of sp³-hybridized carbons (Fsp3) is 0.500. The Hall–Kier alpha value is -0.200. The summed E-state index contributed by atoms with van der Waals surface area (Å²) in [4.78, 5) is -0.423. The lowest BCUT2D eigenvalue weighted by molar-refractivity contribution is 1.10. The molecular formula is C12H16Cl2. The van der Waals surface area contributed by atoms with Crippen LogP contribution in [0, 0.1) is 34.6 Å². The SMILES string of the molecule is Cc1c(C)c(C)c(C(Cl)Cl)c(C)c1C. The van der Waals surface area contributed by atoms with Crippen LogP contribution in [-0.2, 0) is 0 Å². The van der Waals surface area contributed by atoms with Gasteiger partial charge in [0.05, 0.1) is 0 Å². The Bertz CT molecular complexity index is 336. The Morgan fingerprint density at radius 2 is 0.929 bits per heavy atom. The van der Waals surface area contributed by atoms with E-state index in [0.717, 1.165) is 5.56 Å². The fourth-order valence-corrected chi connectivity index (χ4v) is 2.51. The van der Waals surface area contributed by atoms with E-state index in [9.17, 15) is 0 Å². The standard InChI is InChI=1S/C12H16Cl2/c1-6-7(2)9(4)11(12(13)14)10(5)8(6)3/h12H,1-5H3. The molecule has 0 unspecified atom stereocenters. The largest absolute Gasteiger partial charge is 0.133 e. The maximum atomic E-state index is 5.98. The molecule has 1 aromatic carbocycles. The van der Waals surface area contributed by atoms with Gasteiger partial charge in [-0.1, -0.05) is 0 Å². The maximum Gasteiger partial charge on any atom is 0.133 e. The Balaban J connectivity index is 3.60. The minimum atomic E-state index is -0.423. The van der Waals surface area contributed by atoms with Gasteiger partial charge in [0.25, 0.3) is 0 Å². The second kappa shape index (κ2) is 4.12. The summed E-state index contributed by atoms with van der Waals surface area (Å²) in [5.41, 5.74) is 7.47. The van der Waals surface area contributed by atoms with Gasteiger partial charge in [0, 0.05) is 0 Å². The van der Waals surface area contributed by atoms with Crippen LogP contribution in [0.15, 0.2) is 0 Å². The highest BCUT2D eigenvalue weighted by atomic mass is 35.5. The van der Waals surface area contributed by atoms with Gasteiger partial charge >= 0.3 is 0 Å².